The van der Waals surface area contributed by atoms with Crippen LogP contribution in [0.5, 0.6) is 11.5 Å². The molecule has 1 heterocycles. The first-order valence-corrected chi connectivity index (χ1v) is 13.7. The first-order chi connectivity index (χ1) is 18.1. The fraction of sp³-hybridized carbons (Fsp3) is 0.452. The van der Waals surface area contributed by atoms with E-state index in [-0.39, 0.29) is 11.3 Å². The van der Waals surface area contributed by atoms with Crippen molar-refractivity contribution < 1.29 is 18.7 Å². The second-order valence-electron chi connectivity index (χ2n) is 9.40. The summed E-state index contributed by atoms with van der Waals surface area (Å²) < 4.78 is 25.4. The van der Waals surface area contributed by atoms with Gasteiger partial charge in [0.05, 0.1) is 24.6 Å². The zero-order chi connectivity index (χ0) is 26.3. The maximum absolute atomic E-state index is 14.5. The van der Waals surface area contributed by atoms with Crippen molar-refractivity contribution >= 4 is 5.97 Å². The third-order valence-electron chi connectivity index (χ3n) is 6.30. The third kappa shape index (κ3) is 9.60. The Kier molecular flexibility index (Phi) is 12.0. The highest BCUT2D eigenvalue weighted by atomic mass is 19.1. The molecule has 0 N–H and O–H groups in total. The van der Waals surface area contributed by atoms with Crippen LogP contribution in [-0.2, 0) is 6.42 Å². The van der Waals surface area contributed by atoms with Gasteiger partial charge in [-0.15, -0.1) is 0 Å². The molecule has 0 saturated heterocycles. The van der Waals surface area contributed by atoms with E-state index in [4.69, 9.17) is 9.47 Å². The summed E-state index contributed by atoms with van der Waals surface area (Å²) in [5.41, 5.74) is 2.03. The molecule has 6 heteroatoms. The van der Waals surface area contributed by atoms with Crippen molar-refractivity contribution in [2.75, 3.05) is 6.61 Å². The SMILES string of the molecule is CCCCCCCOc1ccc(C(=O)Oc2cnc(-c3ccc(CCCCCCC)cc3)nc2)c(F)c1. The molecular formula is C31H39FN2O3. The predicted octanol–water partition coefficient (Wildman–Crippen LogP) is 8.36. The van der Waals surface area contributed by atoms with Gasteiger partial charge in [-0.3, -0.25) is 0 Å². The Morgan fingerprint density at radius 2 is 1.43 bits per heavy atom. The average molecular weight is 507 g/mol. The maximum atomic E-state index is 14.5. The summed E-state index contributed by atoms with van der Waals surface area (Å²) in [6.07, 6.45) is 15.8. The molecule has 0 aliphatic carbocycles. The number of aromatic nitrogens is 2. The lowest BCUT2D eigenvalue weighted by Gasteiger charge is -2.09. The van der Waals surface area contributed by atoms with Crippen LogP contribution in [0.25, 0.3) is 11.4 Å². The van der Waals surface area contributed by atoms with E-state index in [1.54, 1.807) is 6.07 Å². The van der Waals surface area contributed by atoms with Crippen molar-refractivity contribution in [2.24, 2.45) is 0 Å². The average Bonchev–Trinajstić information content (AvgIpc) is 2.91. The number of ether oxygens (including phenoxy) is 2. The van der Waals surface area contributed by atoms with E-state index in [0.717, 1.165) is 24.8 Å². The Balaban J connectivity index is 1.49. The summed E-state index contributed by atoms with van der Waals surface area (Å²) in [6, 6.07) is 12.4. The number of nitrogens with zero attached hydrogens (tertiary/aromatic N) is 2. The number of aryl methyl sites for hydroxylation is 1. The molecule has 0 saturated carbocycles. The van der Waals surface area contributed by atoms with Gasteiger partial charge in [0.15, 0.2) is 11.6 Å². The van der Waals surface area contributed by atoms with E-state index in [1.165, 1.54) is 81.5 Å². The summed E-state index contributed by atoms with van der Waals surface area (Å²) in [4.78, 5) is 21.1. The molecule has 0 amide bonds. The predicted molar refractivity (Wildman–Crippen MR) is 146 cm³/mol. The lowest BCUT2D eigenvalue weighted by atomic mass is 10.0. The van der Waals surface area contributed by atoms with Crippen LogP contribution in [0.4, 0.5) is 4.39 Å². The lowest BCUT2D eigenvalue weighted by Crippen LogP contribution is -2.11. The van der Waals surface area contributed by atoms with Crippen LogP contribution in [-0.4, -0.2) is 22.5 Å². The van der Waals surface area contributed by atoms with E-state index in [0.29, 0.717) is 18.2 Å². The Hall–Kier alpha value is -3.28. The quantitative estimate of drug-likeness (QED) is 0.144. The first-order valence-electron chi connectivity index (χ1n) is 13.7. The van der Waals surface area contributed by atoms with Crippen LogP contribution >= 0.6 is 0 Å². The van der Waals surface area contributed by atoms with Crippen LogP contribution in [0.1, 0.15) is 94.0 Å². The van der Waals surface area contributed by atoms with Gasteiger partial charge in [0.25, 0.3) is 0 Å². The van der Waals surface area contributed by atoms with Gasteiger partial charge in [-0.25, -0.2) is 19.2 Å². The zero-order valence-electron chi connectivity index (χ0n) is 22.2. The molecular weight excluding hydrogens is 467 g/mol. The molecule has 0 fully saturated rings. The first kappa shape index (κ1) is 28.3. The Labute approximate surface area is 220 Å². The molecule has 0 aliphatic rings. The Morgan fingerprint density at radius 1 is 0.784 bits per heavy atom. The highest BCUT2D eigenvalue weighted by molar-refractivity contribution is 5.91. The Morgan fingerprint density at radius 3 is 2.08 bits per heavy atom. The van der Waals surface area contributed by atoms with Crippen LogP contribution in [0, 0.1) is 5.82 Å². The number of hydrogen-bond donors (Lipinski definition) is 0. The summed E-state index contributed by atoms with van der Waals surface area (Å²) in [5, 5.41) is 0. The van der Waals surface area contributed by atoms with E-state index in [2.05, 4.69) is 35.9 Å². The molecule has 5 nitrogen and oxygen atoms in total. The molecule has 3 rings (SSSR count). The second-order valence-corrected chi connectivity index (χ2v) is 9.40. The zero-order valence-corrected chi connectivity index (χ0v) is 22.2. The molecule has 0 atom stereocenters. The van der Waals surface area contributed by atoms with Gasteiger partial charge in [0, 0.05) is 11.6 Å². The van der Waals surface area contributed by atoms with Gasteiger partial charge in [-0.1, -0.05) is 89.5 Å². The number of unbranched alkanes of at least 4 members (excludes halogenated alkanes) is 8. The van der Waals surface area contributed by atoms with Crippen LogP contribution in [0.3, 0.4) is 0 Å². The molecule has 0 aliphatic heterocycles. The number of hydrogen-bond acceptors (Lipinski definition) is 5. The minimum atomic E-state index is -0.803. The second kappa shape index (κ2) is 15.7. The van der Waals surface area contributed by atoms with Crippen molar-refractivity contribution in [3.05, 3.63) is 71.8 Å². The van der Waals surface area contributed by atoms with Gasteiger partial charge < -0.3 is 9.47 Å². The summed E-state index contributed by atoms with van der Waals surface area (Å²) in [7, 11) is 0. The lowest BCUT2D eigenvalue weighted by molar-refractivity contribution is 0.0728. The van der Waals surface area contributed by atoms with Gasteiger partial charge in [-0.05, 0) is 37.0 Å². The molecule has 1 aromatic heterocycles. The number of rotatable bonds is 16. The Bertz CT molecular complexity index is 1080. The topological polar surface area (TPSA) is 61.3 Å². The van der Waals surface area contributed by atoms with Gasteiger partial charge >= 0.3 is 5.97 Å². The van der Waals surface area contributed by atoms with E-state index >= 15 is 0 Å². The molecule has 0 spiro atoms. The normalized spacial score (nSPS) is 10.9. The number of esters is 1. The standard InChI is InChI=1S/C31H39FN2O3/c1-3-5-7-9-11-13-24-14-16-25(17-15-24)30-33-22-27(23-34-30)37-31(35)28-19-18-26(21-29(28)32)36-20-12-10-8-6-4-2/h14-19,21-23H,3-13,20H2,1-2H3. The maximum Gasteiger partial charge on any atom is 0.346 e. The molecule has 0 bridgehead atoms. The molecule has 3 aromatic rings. The third-order valence-corrected chi connectivity index (χ3v) is 6.30. The van der Waals surface area contributed by atoms with Gasteiger partial charge in [0.1, 0.15) is 11.6 Å². The smallest absolute Gasteiger partial charge is 0.346 e. The molecule has 37 heavy (non-hydrogen) atoms. The molecule has 2 aromatic carbocycles. The van der Waals surface area contributed by atoms with Crippen molar-refractivity contribution in [1.82, 2.24) is 9.97 Å². The highest BCUT2D eigenvalue weighted by Gasteiger charge is 2.16. The largest absolute Gasteiger partial charge is 0.493 e. The van der Waals surface area contributed by atoms with Crippen molar-refractivity contribution in [3.8, 4) is 22.9 Å². The van der Waals surface area contributed by atoms with Crippen molar-refractivity contribution in [2.45, 2.75) is 84.5 Å². The number of halogens is 1. The van der Waals surface area contributed by atoms with Crippen LogP contribution < -0.4 is 9.47 Å². The fourth-order valence-corrected chi connectivity index (χ4v) is 4.08. The van der Waals surface area contributed by atoms with E-state index in [9.17, 15) is 9.18 Å². The number of carbonyl (C=O) groups is 1. The van der Waals surface area contributed by atoms with Crippen molar-refractivity contribution in [1.29, 1.82) is 0 Å². The highest BCUT2D eigenvalue weighted by Crippen LogP contribution is 2.21. The number of benzene rings is 2. The molecule has 0 radical (unpaired) electrons. The van der Waals surface area contributed by atoms with Gasteiger partial charge in [-0.2, -0.15) is 0 Å². The van der Waals surface area contributed by atoms with Crippen molar-refractivity contribution in [3.63, 3.8) is 0 Å². The minimum absolute atomic E-state index is 0.157. The fourth-order valence-electron chi connectivity index (χ4n) is 4.08. The van der Waals surface area contributed by atoms with E-state index in [1.807, 2.05) is 12.1 Å². The van der Waals surface area contributed by atoms with Gasteiger partial charge in [0.2, 0.25) is 0 Å². The summed E-state index contributed by atoms with van der Waals surface area (Å²) in [5.74, 6) is -0.389. The number of carbonyl (C=O) groups excluding carboxylic acids is 1. The van der Waals surface area contributed by atoms with Crippen LogP contribution in [0.15, 0.2) is 54.9 Å². The summed E-state index contributed by atoms with van der Waals surface area (Å²) >= 11 is 0. The monoisotopic (exact) mass is 506 g/mol. The minimum Gasteiger partial charge on any atom is -0.493 e. The molecule has 0 unspecified atom stereocenters. The van der Waals surface area contributed by atoms with E-state index < -0.39 is 11.8 Å². The summed E-state index contributed by atoms with van der Waals surface area (Å²) in [6.45, 7) is 4.92. The molecule has 198 valence electrons. The van der Waals surface area contributed by atoms with Crippen LogP contribution in [0.2, 0.25) is 0 Å².